The van der Waals surface area contributed by atoms with Gasteiger partial charge in [0.15, 0.2) is 0 Å². The van der Waals surface area contributed by atoms with Gasteiger partial charge in [0.2, 0.25) is 0 Å². The molecule has 0 fully saturated rings. The summed E-state index contributed by atoms with van der Waals surface area (Å²) in [4.78, 5) is 0. The third-order valence-corrected chi connectivity index (χ3v) is 3.10. The maximum atomic E-state index is 5.67. The molecule has 0 aliphatic rings. The summed E-state index contributed by atoms with van der Waals surface area (Å²) >= 11 is 0. The predicted octanol–water partition coefficient (Wildman–Crippen LogP) is 3.61. The summed E-state index contributed by atoms with van der Waals surface area (Å²) in [6, 6.07) is 8.14. The molecule has 0 atom stereocenters. The maximum Gasteiger partial charge on any atom is 0.119 e. The van der Waals surface area contributed by atoms with Gasteiger partial charge in [-0.2, -0.15) is 5.10 Å². The van der Waals surface area contributed by atoms with Crippen molar-refractivity contribution in [2.75, 3.05) is 6.54 Å². The fraction of sp³-hybridized carbons (Fsp3) is 0.471. The Morgan fingerprint density at radius 1 is 1.14 bits per heavy atom. The molecule has 0 unspecified atom stereocenters. The standard InChI is InChI=1S/C17H25N3O/c1-12(2)9-18-10-15-11-19-20-17(15)14-5-7-16(8-6-14)21-13(3)4/h5-8,11-13,18H,9-10H2,1-4H3,(H,19,20). The van der Waals surface area contributed by atoms with E-state index >= 15 is 0 Å². The SMILES string of the molecule is CC(C)CNCc1cn[nH]c1-c1ccc(OC(C)C)cc1. The Morgan fingerprint density at radius 3 is 2.48 bits per heavy atom. The number of aromatic amines is 1. The van der Waals surface area contributed by atoms with Crippen molar-refractivity contribution >= 4 is 0 Å². The number of benzene rings is 1. The van der Waals surface area contributed by atoms with Crippen molar-refractivity contribution in [3.05, 3.63) is 36.0 Å². The van der Waals surface area contributed by atoms with Gasteiger partial charge >= 0.3 is 0 Å². The molecule has 0 radical (unpaired) electrons. The Labute approximate surface area is 126 Å². The number of H-pyrrole nitrogens is 1. The molecule has 2 aromatic rings. The van der Waals surface area contributed by atoms with Crippen molar-refractivity contribution in [3.8, 4) is 17.0 Å². The Bertz CT molecular complexity index is 543. The highest BCUT2D eigenvalue weighted by Gasteiger charge is 2.08. The number of ether oxygens (including phenoxy) is 1. The Morgan fingerprint density at radius 2 is 1.86 bits per heavy atom. The van der Waals surface area contributed by atoms with Gasteiger partial charge in [0, 0.05) is 17.7 Å². The van der Waals surface area contributed by atoms with E-state index in [1.54, 1.807) is 0 Å². The van der Waals surface area contributed by atoms with Gasteiger partial charge in [0.25, 0.3) is 0 Å². The first kappa shape index (κ1) is 15.6. The van der Waals surface area contributed by atoms with Crippen LogP contribution in [-0.4, -0.2) is 22.8 Å². The molecule has 1 heterocycles. The van der Waals surface area contributed by atoms with Gasteiger partial charge in [-0.1, -0.05) is 13.8 Å². The predicted molar refractivity (Wildman–Crippen MR) is 86.3 cm³/mol. The van der Waals surface area contributed by atoms with Crippen LogP contribution in [0.1, 0.15) is 33.3 Å². The van der Waals surface area contributed by atoms with E-state index in [9.17, 15) is 0 Å². The van der Waals surface area contributed by atoms with Crippen LogP contribution in [0.2, 0.25) is 0 Å². The van der Waals surface area contributed by atoms with Crippen LogP contribution in [-0.2, 0) is 6.54 Å². The second kappa shape index (κ2) is 7.27. The van der Waals surface area contributed by atoms with Gasteiger partial charge in [-0.05, 0) is 50.6 Å². The van der Waals surface area contributed by atoms with Crippen molar-refractivity contribution in [2.45, 2.75) is 40.3 Å². The molecule has 0 saturated carbocycles. The average Bonchev–Trinajstić information content (AvgIpc) is 2.87. The fourth-order valence-electron chi connectivity index (χ4n) is 2.16. The molecule has 1 aromatic heterocycles. The first-order chi connectivity index (χ1) is 10.1. The molecule has 4 heteroatoms. The van der Waals surface area contributed by atoms with Gasteiger partial charge in [-0.15, -0.1) is 0 Å². The van der Waals surface area contributed by atoms with E-state index in [2.05, 4.69) is 41.5 Å². The molecular formula is C17H25N3O. The molecule has 2 rings (SSSR count). The number of hydrogen-bond acceptors (Lipinski definition) is 3. The highest BCUT2D eigenvalue weighted by atomic mass is 16.5. The second-order valence-corrected chi connectivity index (χ2v) is 5.99. The molecule has 0 bridgehead atoms. The van der Waals surface area contributed by atoms with Crippen molar-refractivity contribution in [3.63, 3.8) is 0 Å². The molecule has 1 aromatic carbocycles. The monoisotopic (exact) mass is 287 g/mol. The number of nitrogens with zero attached hydrogens (tertiary/aromatic N) is 1. The first-order valence-corrected chi connectivity index (χ1v) is 7.56. The highest BCUT2D eigenvalue weighted by molar-refractivity contribution is 5.63. The van der Waals surface area contributed by atoms with Crippen LogP contribution in [0.15, 0.2) is 30.5 Å². The van der Waals surface area contributed by atoms with E-state index in [4.69, 9.17) is 4.74 Å². The van der Waals surface area contributed by atoms with Gasteiger partial charge in [-0.3, -0.25) is 5.10 Å². The van der Waals surface area contributed by atoms with Crippen LogP contribution in [0, 0.1) is 5.92 Å². The van der Waals surface area contributed by atoms with E-state index in [1.807, 2.05) is 32.2 Å². The summed E-state index contributed by atoms with van der Waals surface area (Å²) < 4.78 is 5.67. The number of nitrogens with one attached hydrogen (secondary N) is 2. The molecule has 0 saturated heterocycles. The quantitative estimate of drug-likeness (QED) is 0.818. The number of aromatic nitrogens is 2. The van der Waals surface area contributed by atoms with Crippen LogP contribution in [0.4, 0.5) is 0 Å². The van der Waals surface area contributed by atoms with Gasteiger partial charge in [0.05, 0.1) is 18.0 Å². The van der Waals surface area contributed by atoms with E-state index in [-0.39, 0.29) is 6.10 Å². The lowest BCUT2D eigenvalue weighted by Crippen LogP contribution is -2.19. The average molecular weight is 287 g/mol. The topological polar surface area (TPSA) is 49.9 Å². The minimum absolute atomic E-state index is 0.193. The molecule has 0 amide bonds. The van der Waals surface area contributed by atoms with Gasteiger partial charge < -0.3 is 10.1 Å². The summed E-state index contributed by atoms with van der Waals surface area (Å²) in [5.41, 5.74) is 3.39. The maximum absolute atomic E-state index is 5.67. The molecule has 0 aliphatic heterocycles. The lowest BCUT2D eigenvalue weighted by Gasteiger charge is -2.11. The van der Waals surface area contributed by atoms with Gasteiger partial charge in [-0.25, -0.2) is 0 Å². The molecule has 114 valence electrons. The summed E-state index contributed by atoms with van der Waals surface area (Å²) in [6.45, 7) is 10.3. The smallest absolute Gasteiger partial charge is 0.119 e. The van der Waals surface area contributed by atoms with Crippen molar-refractivity contribution in [1.82, 2.24) is 15.5 Å². The highest BCUT2D eigenvalue weighted by Crippen LogP contribution is 2.24. The van der Waals surface area contributed by atoms with Crippen LogP contribution in [0.5, 0.6) is 5.75 Å². The zero-order chi connectivity index (χ0) is 15.2. The summed E-state index contributed by atoms with van der Waals surface area (Å²) in [5, 5.41) is 10.7. The molecule has 4 nitrogen and oxygen atoms in total. The minimum Gasteiger partial charge on any atom is -0.491 e. The van der Waals surface area contributed by atoms with Crippen LogP contribution in [0.25, 0.3) is 11.3 Å². The lowest BCUT2D eigenvalue weighted by atomic mass is 10.1. The Kier molecular flexibility index (Phi) is 5.39. The summed E-state index contributed by atoms with van der Waals surface area (Å²) in [6.07, 6.45) is 2.08. The zero-order valence-corrected chi connectivity index (χ0v) is 13.3. The van der Waals surface area contributed by atoms with Crippen LogP contribution < -0.4 is 10.1 Å². The van der Waals surface area contributed by atoms with E-state index in [0.717, 1.165) is 30.1 Å². The fourth-order valence-corrected chi connectivity index (χ4v) is 2.16. The summed E-state index contributed by atoms with van der Waals surface area (Å²) in [7, 11) is 0. The molecule has 0 aliphatic carbocycles. The Balaban J connectivity index is 2.06. The molecular weight excluding hydrogens is 262 g/mol. The molecule has 2 N–H and O–H groups in total. The second-order valence-electron chi connectivity index (χ2n) is 5.99. The summed E-state index contributed by atoms with van der Waals surface area (Å²) in [5.74, 6) is 1.54. The van der Waals surface area contributed by atoms with Crippen LogP contribution >= 0.6 is 0 Å². The molecule has 0 spiro atoms. The van der Waals surface area contributed by atoms with E-state index in [1.165, 1.54) is 5.56 Å². The lowest BCUT2D eigenvalue weighted by molar-refractivity contribution is 0.242. The van der Waals surface area contributed by atoms with Crippen molar-refractivity contribution in [1.29, 1.82) is 0 Å². The largest absolute Gasteiger partial charge is 0.491 e. The minimum atomic E-state index is 0.193. The zero-order valence-electron chi connectivity index (χ0n) is 13.3. The van der Waals surface area contributed by atoms with Crippen molar-refractivity contribution in [2.24, 2.45) is 5.92 Å². The third-order valence-electron chi connectivity index (χ3n) is 3.10. The van der Waals surface area contributed by atoms with Crippen molar-refractivity contribution < 1.29 is 4.74 Å². The van der Waals surface area contributed by atoms with Gasteiger partial charge in [0.1, 0.15) is 5.75 Å². The first-order valence-electron chi connectivity index (χ1n) is 7.56. The number of hydrogen-bond donors (Lipinski definition) is 2. The van der Waals surface area contributed by atoms with Crippen LogP contribution in [0.3, 0.4) is 0 Å². The van der Waals surface area contributed by atoms with E-state index < -0.39 is 0 Å². The third kappa shape index (κ3) is 4.60. The Hall–Kier alpha value is -1.81. The normalized spacial score (nSPS) is 11.3. The number of rotatable bonds is 7. The van der Waals surface area contributed by atoms with E-state index in [0.29, 0.717) is 5.92 Å². The molecule has 21 heavy (non-hydrogen) atoms.